The molecule has 114 valence electrons. The Morgan fingerprint density at radius 3 is 2.86 bits per heavy atom. The van der Waals surface area contributed by atoms with Crippen molar-refractivity contribution in [3.63, 3.8) is 0 Å². The Balaban J connectivity index is 2.71. The topological polar surface area (TPSA) is 49.3 Å². The smallest absolute Gasteiger partial charge is 0.251 e. The molecule has 2 N–H and O–H groups in total. The predicted molar refractivity (Wildman–Crippen MR) is 89.7 cm³/mol. The molecule has 1 unspecified atom stereocenters. The van der Waals surface area contributed by atoms with E-state index in [4.69, 9.17) is 5.11 Å². The highest BCUT2D eigenvalue weighted by atomic mass is 32.2. The second-order valence-electron chi connectivity index (χ2n) is 4.91. The maximum absolute atomic E-state index is 12.3. The van der Waals surface area contributed by atoms with Gasteiger partial charge in [0.15, 0.2) is 0 Å². The van der Waals surface area contributed by atoms with E-state index in [1.54, 1.807) is 6.07 Å². The Hall–Kier alpha value is -1.44. The molecule has 0 aliphatic carbocycles. The minimum atomic E-state index is -0.179. The third-order valence-electron chi connectivity index (χ3n) is 2.93. The molecule has 0 fully saturated rings. The highest BCUT2D eigenvalue weighted by Gasteiger charge is 2.10. The zero-order chi connectivity index (χ0) is 15.7. The molecular weight excluding hydrogens is 282 g/mol. The lowest BCUT2D eigenvalue weighted by molar-refractivity contribution is 0.0939. The van der Waals surface area contributed by atoms with Gasteiger partial charge in [-0.15, -0.1) is 0 Å². The van der Waals surface area contributed by atoms with Crippen molar-refractivity contribution < 1.29 is 9.90 Å². The molecule has 1 aromatic rings. The van der Waals surface area contributed by atoms with E-state index in [0.29, 0.717) is 5.56 Å². The molecule has 4 heteroatoms. The number of hydrogen-bond donors (Lipinski definition) is 2. The number of aryl methyl sites for hydroxylation is 1. The number of rotatable bonds is 6. The van der Waals surface area contributed by atoms with Crippen molar-refractivity contribution in [2.75, 3.05) is 18.1 Å². The summed E-state index contributed by atoms with van der Waals surface area (Å²) in [6.45, 7) is 5.91. The van der Waals surface area contributed by atoms with Gasteiger partial charge in [0, 0.05) is 17.2 Å². The van der Waals surface area contributed by atoms with Crippen molar-refractivity contribution in [1.29, 1.82) is 0 Å². The molecule has 1 rings (SSSR count). The molecule has 3 nitrogen and oxygen atoms in total. The summed E-state index contributed by atoms with van der Waals surface area (Å²) in [5.41, 5.74) is 2.36. The van der Waals surface area contributed by atoms with Crippen molar-refractivity contribution in [1.82, 2.24) is 5.32 Å². The van der Waals surface area contributed by atoms with Crippen LogP contribution in [0.25, 0.3) is 0 Å². The molecule has 0 bridgehead atoms. The Morgan fingerprint density at radius 1 is 1.43 bits per heavy atom. The van der Waals surface area contributed by atoms with Gasteiger partial charge in [0.1, 0.15) is 6.61 Å². The van der Waals surface area contributed by atoms with Crippen LogP contribution in [0.3, 0.4) is 0 Å². The molecule has 0 saturated carbocycles. The first kappa shape index (κ1) is 17.6. The van der Waals surface area contributed by atoms with Crippen LogP contribution >= 0.6 is 11.8 Å². The van der Waals surface area contributed by atoms with Gasteiger partial charge < -0.3 is 10.4 Å². The molecule has 0 aliphatic heterocycles. The van der Waals surface area contributed by atoms with E-state index in [-0.39, 0.29) is 18.6 Å². The van der Waals surface area contributed by atoms with Gasteiger partial charge in [0.2, 0.25) is 0 Å². The third kappa shape index (κ3) is 6.70. The molecule has 0 radical (unpaired) electrons. The van der Waals surface area contributed by atoms with E-state index in [2.05, 4.69) is 24.1 Å². The van der Waals surface area contributed by atoms with Crippen LogP contribution in [0.5, 0.6) is 0 Å². The minimum absolute atomic E-state index is 0.0697. The maximum Gasteiger partial charge on any atom is 0.251 e. The van der Waals surface area contributed by atoms with Gasteiger partial charge in [-0.3, -0.25) is 4.79 Å². The summed E-state index contributed by atoms with van der Waals surface area (Å²) in [5, 5.41) is 11.8. The standard InChI is InChI=1S/C17H23NO2S/c1-4-21-9-7-14(3)18-17(20)16-11-13(2)10-15(12-16)6-5-8-19/h10-12,14,19H,4,7-9H2,1-3H3,(H,18,20). The molecule has 21 heavy (non-hydrogen) atoms. The Kier molecular flexibility index (Phi) is 7.96. The lowest BCUT2D eigenvalue weighted by atomic mass is 10.1. The summed E-state index contributed by atoms with van der Waals surface area (Å²) < 4.78 is 0. The van der Waals surface area contributed by atoms with E-state index in [9.17, 15) is 4.79 Å². The molecule has 1 atom stereocenters. The van der Waals surface area contributed by atoms with Gasteiger partial charge in [-0.1, -0.05) is 18.8 Å². The van der Waals surface area contributed by atoms with Crippen LogP contribution < -0.4 is 5.32 Å². The quantitative estimate of drug-likeness (QED) is 0.627. The van der Waals surface area contributed by atoms with Crippen molar-refractivity contribution in [2.45, 2.75) is 33.2 Å². The highest BCUT2D eigenvalue weighted by molar-refractivity contribution is 7.99. The third-order valence-corrected chi connectivity index (χ3v) is 3.86. The van der Waals surface area contributed by atoms with Gasteiger partial charge in [-0.2, -0.15) is 11.8 Å². The molecule has 1 amide bonds. The van der Waals surface area contributed by atoms with Crippen LogP contribution in [0.15, 0.2) is 18.2 Å². The van der Waals surface area contributed by atoms with Crippen LogP contribution in [0.4, 0.5) is 0 Å². The van der Waals surface area contributed by atoms with Crippen LogP contribution in [-0.4, -0.2) is 35.2 Å². The maximum atomic E-state index is 12.3. The number of thioether (sulfide) groups is 1. The fourth-order valence-corrected chi connectivity index (χ4v) is 2.72. The van der Waals surface area contributed by atoms with Crippen LogP contribution in [0.1, 0.15) is 41.8 Å². The van der Waals surface area contributed by atoms with Gasteiger partial charge >= 0.3 is 0 Å². The van der Waals surface area contributed by atoms with Crippen molar-refractivity contribution in [2.24, 2.45) is 0 Å². The predicted octanol–water partition coefficient (Wildman–Crippen LogP) is 2.60. The van der Waals surface area contributed by atoms with Crippen LogP contribution in [-0.2, 0) is 0 Å². The molecule has 0 heterocycles. The van der Waals surface area contributed by atoms with Gasteiger partial charge in [0.05, 0.1) is 0 Å². The number of benzene rings is 1. The van der Waals surface area contributed by atoms with E-state index in [0.717, 1.165) is 29.1 Å². The molecular formula is C17H23NO2S. The zero-order valence-electron chi connectivity index (χ0n) is 12.9. The normalized spacial score (nSPS) is 11.4. The first-order valence-corrected chi connectivity index (χ1v) is 8.32. The summed E-state index contributed by atoms with van der Waals surface area (Å²) in [6.07, 6.45) is 0.966. The van der Waals surface area contributed by atoms with E-state index < -0.39 is 0 Å². The number of amides is 1. The fraction of sp³-hybridized carbons (Fsp3) is 0.471. The molecule has 0 saturated heterocycles. The average molecular weight is 305 g/mol. The number of hydrogen-bond acceptors (Lipinski definition) is 3. The van der Waals surface area contributed by atoms with Crippen molar-refractivity contribution >= 4 is 17.7 Å². The second-order valence-corrected chi connectivity index (χ2v) is 6.30. The second kappa shape index (κ2) is 9.49. The molecule has 0 aromatic heterocycles. The summed E-state index contributed by atoms with van der Waals surface area (Å²) >= 11 is 1.88. The largest absolute Gasteiger partial charge is 0.384 e. The van der Waals surface area contributed by atoms with Gasteiger partial charge in [0.25, 0.3) is 5.91 Å². The number of aliphatic hydroxyl groups is 1. The summed E-state index contributed by atoms with van der Waals surface area (Å²) in [6, 6.07) is 5.68. The fourth-order valence-electron chi connectivity index (χ4n) is 1.91. The highest BCUT2D eigenvalue weighted by Crippen LogP contribution is 2.10. The lowest BCUT2D eigenvalue weighted by Crippen LogP contribution is -2.33. The Morgan fingerprint density at radius 2 is 2.19 bits per heavy atom. The van der Waals surface area contributed by atoms with E-state index in [1.165, 1.54) is 0 Å². The summed E-state index contributed by atoms with van der Waals surface area (Å²) in [5.74, 6) is 7.53. The number of aliphatic hydroxyl groups excluding tert-OH is 1. The first-order valence-electron chi connectivity index (χ1n) is 7.16. The first-order chi connectivity index (χ1) is 10.1. The molecule has 1 aromatic carbocycles. The van der Waals surface area contributed by atoms with E-state index in [1.807, 2.05) is 37.7 Å². The molecule has 0 aliphatic rings. The van der Waals surface area contributed by atoms with Gasteiger partial charge in [-0.05, 0) is 55.5 Å². The van der Waals surface area contributed by atoms with Crippen molar-refractivity contribution in [3.05, 3.63) is 34.9 Å². The molecule has 0 spiro atoms. The number of carbonyl (C=O) groups excluding carboxylic acids is 1. The Bertz CT molecular complexity index is 531. The van der Waals surface area contributed by atoms with E-state index >= 15 is 0 Å². The van der Waals surface area contributed by atoms with Crippen LogP contribution in [0.2, 0.25) is 0 Å². The minimum Gasteiger partial charge on any atom is -0.384 e. The lowest BCUT2D eigenvalue weighted by Gasteiger charge is -2.14. The van der Waals surface area contributed by atoms with Crippen molar-refractivity contribution in [3.8, 4) is 11.8 Å². The summed E-state index contributed by atoms with van der Waals surface area (Å²) in [7, 11) is 0. The average Bonchev–Trinajstić information content (AvgIpc) is 2.44. The summed E-state index contributed by atoms with van der Waals surface area (Å²) in [4.78, 5) is 12.3. The monoisotopic (exact) mass is 305 g/mol. The zero-order valence-corrected chi connectivity index (χ0v) is 13.7. The SMILES string of the molecule is CCSCCC(C)NC(=O)c1cc(C)cc(C#CCO)c1. The van der Waals surface area contributed by atoms with Gasteiger partial charge in [-0.25, -0.2) is 0 Å². The number of carbonyl (C=O) groups is 1. The Labute approximate surface area is 131 Å². The van der Waals surface area contributed by atoms with Crippen LogP contribution in [0, 0.1) is 18.8 Å². The number of nitrogens with one attached hydrogen (secondary N) is 1.